The molecular weight excluding hydrogens is 190 g/mol. The number of β-amino-alcohol motifs (C(OH)–C–C–N with tert-alkyl or cyclic N) is 1. The van der Waals surface area contributed by atoms with Gasteiger partial charge in [0.25, 0.3) is 0 Å². The third-order valence-electron chi connectivity index (χ3n) is 3.74. The van der Waals surface area contributed by atoms with Gasteiger partial charge in [0.2, 0.25) is 0 Å². The molecule has 0 radical (unpaired) electrons. The van der Waals surface area contributed by atoms with E-state index in [1.807, 2.05) is 13.8 Å². The van der Waals surface area contributed by atoms with Crippen molar-refractivity contribution < 1.29 is 10.2 Å². The number of aliphatic hydroxyl groups excluding tert-OH is 1. The molecule has 15 heavy (non-hydrogen) atoms. The van der Waals surface area contributed by atoms with Crippen LogP contribution in [0.15, 0.2) is 0 Å². The zero-order valence-electron chi connectivity index (χ0n) is 10.1. The van der Waals surface area contributed by atoms with Gasteiger partial charge in [0, 0.05) is 19.7 Å². The molecule has 1 aliphatic rings. The number of hydrogen-bond acceptors (Lipinski definition) is 3. The number of rotatable bonds is 6. The monoisotopic (exact) mass is 215 g/mol. The smallest absolute Gasteiger partial charge is 0.0768 e. The Morgan fingerprint density at radius 2 is 2.00 bits per heavy atom. The van der Waals surface area contributed by atoms with Crippen LogP contribution in [0.3, 0.4) is 0 Å². The highest BCUT2D eigenvalue weighted by Gasteiger charge is 2.29. The lowest BCUT2D eigenvalue weighted by atomic mass is 9.97. The minimum Gasteiger partial charge on any atom is -0.396 e. The Balaban J connectivity index is 2.34. The van der Waals surface area contributed by atoms with E-state index >= 15 is 0 Å². The second-order valence-corrected chi connectivity index (χ2v) is 4.83. The Hall–Kier alpha value is -0.120. The van der Waals surface area contributed by atoms with Crippen molar-refractivity contribution >= 4 is 0 Å². The van der Waals surface area contributed by atoms with Gasteiger partial charge in [-0.15, -0.1) is 0 Å². The van der Waals surface area contributed by atoms with Gasteiger partial charge in [0.15, 0.2) is 0 Å². The lowest BCUT2D eigenvalue weighted by Gasteiger charge is -2.30. The Morgan fingerprint density at radius 3 is 2.53 bits per heavy atom. The third kappa shape index (κ3) is 3.74. The van der Waals surface area contributed by atoms with Crippen LogP contribution in [0.1, 0.15) is 39.5 Å². The van der Waals surface area contributed by atoms with Gasteiger partial charge in [-0.05, 0) is 38.1 Å². The van der Waals surface area contributed by atoms with E-state index in [0.717, 1.165) is 38.9 Å². The zero-order valence-corrected chi connectivity index (χ0v) is 10.1. The molecule has 1 aliphatic heterocycles. The summed E-state index contributed by atoms with van der Waals surface area (Å²) in [5.41, 5.74) is -0.506. The quantitative estimate of drug-likeness (QED) is 0.700. The molecule has 0 amide bonds. The van der Waals surface area contributed by atoms with E-state index in [1.54, 1.807) is 0 Å². The maximum absolute atomic E-state index is 10.2. The van der Waals surface area contributed by atoms with E-state index in [2.05, 4.69) is 4.90 Å². The summed E-state index contributed by atoms with van der Waals surface area (Å²) >= 11 is 0. The highest BCUT2D eigenvalue weighted by atomic mass is 16.3. The largest absolute Gasteiger partial charge is 0.396 e. The Kier molecular flexibility index (Phi) is 5.03. The summed E-state index contributed by atoms with van der Waals surface area (Å²) in [5, 5.41) is 19.1. The van der Waals surface area contributed by atoms with E-state index in [0.29, 0.717) is 12.5 Å². The van der Waals surface area contributed by atoms with E-state index in [4.69, 9.17) is 5.11 Å². The van der Waals surface area contributed by atoms with Gasteiger partial charge in [-0.25, -0.2) is 0 Å². The SMILES string of the molecule is CCC(O)(CC)CN1CCC(CCO)C1. The Labute approximate surface area is 93.1 Å². The van der Waals surface area contributed by atoms with Crippen molar-refractivity contribution in [3.63, 3.8) is 0 Å². The first kappa shape index (κ1) is 12.9. The molecule has 0 saturated carbocycles. The first-order chi connectivity index (χ1) is 7.13. The van der Waals surface area contributed by atoms with Crippen LogP contribution in [0, 0.1) is 5.92 Å². The summed E-state index contributed by atoms with van der Waals surface area (Å²) < 4.78 is 0. The minimum atomic E-state index is -0.506. The summed E-state index contributed by atoms with van der Waals surface area (Å²) in [6, 6.07) is 0. The molecular formula is C12H25NO2. The fourth-order valence-electron chi connectivity index (χ4n) is 2.36. The molecule has 1 fully saturated rings. The van der Waals surface area contributed by atoms with Crippen LogP contribution in [0.5, 0.6) is 0 Å². The number of nitrogens with zero attached hydrogens (tertiary/aromatic N) is 1. The minimum absolute atomic E-state index is 0.296. The predicted molar refractivity (Wildman–Crippen MR) is 61.8 cm³/mol. The van der Waals surface area contributed by atoms with Crippen LogP contribution in [0.2, 0.25) is 0 Å². The molecule has 0 aromatic rings. The normalized spacial score (nSPS) is 23.6. The second-order valence-electron chi connectivity index (χ2n) is 4.83. The van der Waals surface area contributed by atoms with Crippen LogP contribution < -0.4 is 0 Å². The first-order valence-electron chi connectivity index (χ1n) is 6.19. The second kappa shape index (κ2) is 5.83. The third-order valence-corrected chi connectivity index (χ3v) is 3.74. The lowest BCUT2D eigenvalue weighted by molar-refractivity contribution is 0.00146. The van der Waals surface area contributed by atoms with Gasteiger partial charge in [0.1, 0.15) is 0 Å². The molecule has 3 nitrogen and oxygen atoms in total. The van der Waals surface area contributed by atoms with Crippen molar-refractivity contribution in [1.29, 1.82) is 0 Å². The first-order valence-corrected chi connectivity index (χ1v) is 6.19. The number of hydrogen-bond donors (Lipinski definition) is 2. The van der Waals surface area contributed by atoms with E-state index in [-0.39, 0.29) is 0 Å². The molecule has 0 bridgehead atoms. The maximum atomic E-state index is 10.2. The van der Waals surface area contributed by atoms with Crippen molar-refractivity contribution in [3.8, 4) is 0 Å². The molecule has 1 rings (SSSR count). The molecule has 1 heterocycles. The van der Waals surface area contributed by atoms with Gasteiger partial charge in [-0.1, -0.05) is 13.8 Å². The lowest BCUT2D eigenvalue weighted by Crippen LogP contribution is -2.41. The molecule has 0 spiro atoms. The van der Waals surface area contributed by atoms with Crippen LogP contribution >= 0.6 is 0 Å². The van der Waals surface area contributed by atoms with E-state index in [9.17, 15) is 5.11 Å². The maximum Gasteiger partial charge on any atom is 0.0768 e. The van der Waals surface area contributed by atoms with Crippen LogP contribution in [-0.4, -0.2) is 47.0 Å². The molecule has 2 N–H and O–H groups in total. The van der Waals surface area contributed by atoms with Gasteiger partial charge < -0.3 is 15.1 Å². The molecule has 90 valence electrons. The van der Waals surface area contributed by atoms with Crippen LogP contribution in [0.4, 0.5) is 0 Å². The van der Waals surface area contributed by atoms with Gasteiger partial charge in [-0.3, -0.25) is 0 Å². The van der Waals surface area contributed by atoms with Gasteiger partial charge >= 0.3 is 0 Å². The van der Waals surface area contributed by atoms with Crippen molar-refractivity contribution in [2.75, 3.05) is 26.2 Å². The highest BCUT2D eigenvalue weighted by molar-refractivity contribution is 4.84. The topological polar surface area (TPSA) is 43.7 Å². The standard InChI is InChI=1S/C12H25NO2/c1-3-12(15,4-2)10-13-7-5-11(9-13)6-8-14/h11,14-15H,3-10H2,1-2H3. The highest BCUT2D eigenvalue weighted by Crippen LogP contribution is 2.23. The zero-order chi connectivity index (χ0) is 11.3. The summed E-state index contributed by atoms with van der Waals surface area (Å²) in [5.74, 6) is 0.632. The summed E-state index contributed by atoms with van der Waals surface area (Å²) in [7, 11) is 0. The molecule has 0 aromatic heterocycles. The summed E-state index contributed by atoms with van der Waals surface area (Å²) in [6.07, 6.45) is 3.73. The average molecular weight is 215 g/mol. The van der Waals surface area contributed by atoms with E-state index in [1.165, 1.54) is 6.42 Å². The fourth-order valence-corrected chi connectivity index (χ4v) is 2.36. The average Bonchev–Trinajstić information content (AvgIpc) is 2.66. The molecule has 1 atom stereocenters. The fraction of sp³-hybridized carbons (Fsp3) is 1.00. The van der Waals surface area contributed by atoms with E-state index < -0.39 is 5.60 Å². The van der Waals surface area contributed by atoms with Gasteiger partial charge in [0.05, 0.1) is 5.60 Å². The molecule has 1 unspecified atom stereocenters. The van der Waals surface area contributed by atoms with Crippen molar-refractivity contribution in [2.45, 2.75) is 45.1 Å². The Morgan fingerprint density at radius 1 is 1.33 bits per heavy atom. The van der Waals surface area contributed by atoms with Crippen molar-refractivity contribution in [3.05, 3.63) is 0 Å². The summed E-state index contributed by atoms with van der Waals surface area (Å²) in [4.78, 5) is 2.34. The predicted octanol–water partition coefficient (Wildman–Crippen LogP) is 1.24. The van der Waals surface area contributed by atoms with Crippen LogP contribution in [0.25, 0.3) is 0 Å². The number of likely N-dealkylation sites (tertiary alicyclic amines) is 1. The summed E-state index contributed by atoms with van der Waals surface area (Å²) in [6.45, 7) is 7.30. The van der Waals surface area contributed by atoms with Gasteiger partial charge in [-0.2, -0.15) is 0 Å². The number of aliphatic hydroxyl groups is 2. The van der Waals surface area contributed by atoms with Crippen molar-refractivity contribution in [2.24, 2.45) is 5.92 Å². The molecule has 0 aliphatic carbocycles. The molecule has 3 heteroatoms. The van der Waals surface area contributed by atoms with Crippen molar-refractivity contribution in [1.82, 2.24) is 4.90 Å². The molecule has 0 aromatic carbocycles. The van der Waals surface area contributed by atoms with Crippen LogP contribution in [-0.2, 0) is 0 Å². The Bertz CT molecular complexity index is 180. The molecule has 1 saturated heterocycles.